The number of rotatable bonds is 6. The van der Waals surface area contributed by atoms with Gasteiger partial charge in [-0.3, -0.25) is 4.79 Å². The number of benzene rings is 1. The molecule has 6 rings (SSSR count). The number of carbonyl (C=O) groups excluding carboxylic acids is 1. The third kappa shape index (κ3) is 2.53. The molecule has 5 nitrogen and oxygen atoms in total. The molecule has 0 bridgehead atoms. The summed E-state index contributed by atoms with van der Waals surface area (Å²) < 4.78 is 11.6. The maximum atomic E-state index is 12.6. The van der Waals surface area contributed by atoms with E-state index in [-0.39, 0.29) is 16.9 Å². The second-order valence-corrected chi connectivity index (χ2v) is 9.44. The van der Waals surface area contributed by atoms with Gasteiger partial charge in [0.05, 0.1) is 11.0 Å². The Labute approximate surface area is 164 Å². The summed E-state index contributed by atoms with van der Waals surface area (Å²) in [6.07, 6.45) is 4.34. The zero-order valence-corrected chi connectivity index (χ0v) is 16.0. The zero-order chi connectivity index (χ0) is 18.2. The SMILES string of the molecule is O=C(NC12CC1(c1nc3ccc(Cl)cc3o1)C2)c1ccc(SCC2CC2)o1. The Bertz CT molecular complexity index is 1080. The zero-order valence-electron chi connectivity index (χ0n) is 14.5. The molecule has 0 unspecified atom stereocenters. The van der Waals surface area contributed by atoms with Crippen LogP contribution in [0.4, 0.5) is 0 Å². The van der Waals surface area contributed by atoms with E-state index in [0.29, 0.717) is 22.3 Å². The van der Waals surface area contributed by atoms with Crippen LogP contribution in [0, 0.1) is 5.92 Å². The molecule has 0 radical (unpaired) electrons. The number of hydrogen-bond donors (Lipinski definition) is 1. The van der Waals surface area contributed by atoms with Crippen LogP contribution in [-0.2, 0) is 5.41 Å². The summed E-state index contributed by atoms with van der Waals surface area (Å²) >= 11 is 7.71. The minimum absolute atomic E-state index is 0.160. The third-order valence-corrected chi connectivity index (χ3v) is 7.33. The van der Waals surface area contributed by atoms with E-state index in [1.165, 1.54) is 12.8 Å². The second kappa shape index (κ2) is 5.32. The van der Waals surface area contributed by atoms with Crippen molar-refractivity contribution in [3.63, 3.8) is 0 Å². The Morgan fingerprint density at radius 2 is 2.11 bits per heavy atom. The molecule has 138 valence electrons. The smallest absolute Gasteiger partial charge is 0.287 e. The normalized spacial score (nSPS) is 28.2. The Hall–Kier alpha value is -1.92. The molecule has 3 aromatic rings. The van der Waals surface area contributed by atoms with E-state index in [0.717, 1.165) is 35.1 Å². The molecule has 0 saturated heterocycles. The molecule has 2 heterocycles. The molecule has 0 atom stereocenters. The highest BCUT2D eigenvalue weighted by atomic mass is 35.5. The monoisotopic (exact) mass is 400 g/mol. The maximum Gasteiger partial charge on any atom is 0.287 e. The summed E-state index contributed by atoms with van der Waals surface area (Å²) in [6, 6.07) is 9.08. The average molecular weight is 401 g/mol. The van der Waals surface area contributed by atoms with Gasteiger partial charge in [0.25, 0.3) is 5.91 Å². The lowest BCUT2D eigenvalue weighted by Crippen LogP contribution is -2.30. The van der Waals surface area contributed by atoms with Crippen molar-refractivity contribution in [1.82, 2.24) is 10.3 Å². The molecule has 3 fully saturated rings. The van der Waals surface area contributed by atoms with Crippen molar-refractivity contribution in [2.24, 2.45) is 5.92 Å². The van der Waals surface area contributed by atoms with Crippen LogP contribution in [-0.4, -0.2) is 22.2 Å². The second-order valence-electron chi connectivity index (χ2n) is 7.98. The average Bonchev–Trinajstić information content (AvgIpc) is 3.55. The molecule has 27 heavy (non-hydrogen) atoms. The van der Waals surface area contributed by atoms with Crippen LogP contribution in [0.25, 0.3) is 11.1 Å². The molecular formula is C20H17ClN2O3S. The van der Waals surface area contributed by atoms with Crippen molar-refractivity contribution >= 4 is 40.4 Å². The van der Waals surface area contributed by atoms with Crippen LogP contribution in [0.2, 0.25) is 5.02 Å². The number of nitrogens with zero attached hydrogens (tertiary/aromatic N) is 1. The van der Waals surface area contributed by atoms with Gasteiger partial charge < -0.3 is 14.2 Å². The van der Waals surface area contributed by atoms with Crippen LogP contribution >= 0.6 is 23.4 Å². The van der Waals surface area contributed by atoms with Gasteiger partial charge in [-0.15, -0.1) is 0 Å². The first kappa shape index (κ1) is 16.1. The highest BCUT2D eigenvalue weighted by Gasteiger charge is 2.87. The van der Waals surface area contributed by atoms with Gasteiger partial charge in [0.2, 0.25) is 5.89 Å². The van der Waals surface area contributed by atoms with Gasteiger partial charge in [0.15, 0.2) is 16.4 Å². The Morgan fingerprint density at radius 1 is 1.26 bits per heavy atom. The van der Waals surface area contributed by atoms with Crippen LogP contribution in [0.15, 0.2) is 44.3 Å². The van der Waals surface area contributed by atoms with Crippen molar-refractivity contribution in [3.8, 4) is 0 Å². The lowest BCUT2D eigenvalue weighted by atomic mass is 10.2. The number of thioether (sulfide) groups is 1. The van der Waals surface area contributed by atoms with Crippen molar-refractivity contribution in [2.45, 2.75) is 41.7 Å². The van der Waals surface area contributed by atoms with E-state index in [1.807, 2.05) is 12.1 Å². The van der Waals surface area contributed by atoms with E-state index in [4.69, 9.17) is 20.4 Å². The standard InChI is InChI=1S/C20H17ClN2O3S/c21-12-3-4-13-15(7-12)26-18(22-13)19-9-20(19,10-19)23-17(24)14-5-6-16(25-14)27-8-11-1-2-11/h3-7,11H,1-2,8-10H2,(H,23,24). The number of halogens is 1. The summed E-state index contributed by atoms with van der Waals surface area (Å²) in [5, 5.41) is 4.58. The summed E-state index contributed by atoms with van der Waals surface area (Å²) in [5.41, 5.74) is 1.09. The van der Waals surface area contributed by atoms with Crippen LogP contribution in [0.5, 0.6) is 0 Å². The molecular weight excluding hydrogens is 384 g/mol. The molecule has 3 aliphatic rings. The predicted octanol–water partition coefficient (Wildman–Crippen LogP) is 4.79. The largest absolute Gasteiger partial charge is 0.445 e. The number of aromatic nitrogens is 1. The maximum absolute atomic E-state index is 12.6. The molecule has 3 aliphatic carbocycles. The lowest BCUT2D eigenvalue weighted by Gasteiger charge is -2.04. The fourth-order valence-electron chi connectivity index (χ4n) is 3.84. The topological polar surface area (TPSA) is 68.3 Å². The van der Waals surface area contributed by atoms with E-state index in [2.05, 4.69) is 10.3 Å². The van der Waals surface area contributed by atoms with E-state index < -0.39 is 0 Å². The molecule has 7 heteroatoms. The minimum atomic E-state index is -0.233. The van der Waals surface area contributed by atoms with E-state index in [1.54, 1.807) is 30.0 Å². The number of fused-ring (bicyclic) bond motifs is 2. The summed E-state index contributed by atoms with van der Waals surface area (Å²) in [4.78, 5) is 17.2. The summed E-state index contributed by atoms with van der Waals surface area (Å²) in [5.74, 6) is 2.80. The number of oxazole rings is 1. The van der Waals surface area contributed by atoms with Gasteiger partial charge in [-0.2, -0.15) is 0 Å². The first-order chi connectivity index (χ1) is 13.1. The fourth-order valence-corrected chi connectivity index (χ4v) is 5.05. The molecule has 3 saturated carbocycles. The van der Waals surface area contributed by atoms with E-state index >= 15 is 0 Å². The third-order valence-electron chi connectivity index (χ3n) is 5.95. The first-order valence-corrected chi connectivity index (χ1v) is 10.6. The van der Waals surface area contributed by atoms with Gasteiger partial charge in [-0.1, -0.05) is 23.4 Å². The highest BCUT2D eigenvalue weighted by Crippen LogP contribution is 2.78. The van der Waals surface area contributed by atoms with Gasteiger partial charge >= 0.3 is 0 Å². The van der Waals surface area contributed by atoms with Crippen molar-refractivity contribution in [3.05, 3.63) is 47.0 Å². The van der Waals surface area contributed by atoms with Crippen molar-refractivity contribution in [1.29, 1.82) is 0 Å². The van der Waals surface area contributed by atoms with Crippen molar-refractivity contribution in [2.75, 3.05) is 5.75 Å². The van der Waals surface area contributed by atoms with Gasteiger partial charge in [-0.05, 0) is 55.9 Å². The Balaban J connectivity index is 1.16. The quantitative estimate of drug-likeness (QED) is 0.602. The first-order valence-electron chi connectivity index (χ1n) is 9.19. The predicted molar refractivity (Wildman–Crippen MR) is 102 cm³/mol. The summed E-state index contributed by atoms with van der Waals surface area (Å²) in [7, 11) is 0. The van der Waals surface area contributed by atoms with Gasteiger partial charge in [0.1, 0.15) is 5.52 Å². The number of carbonyl (C=O) groups is 1. The number of amides is 1. The van der Waals surface area contributed by atoms with Gasteiger partial charge in [0, 0.05) is 16.8 Å². The Kier molecular flexibility index (Phi) is 3.17. The molecule has 1 aromatic carbocycles. The number of nitrogens with one attached hydrogen (secondary N) is 1. The number of furan rings is 1. The van der Waals surface area contributed by atoms with E-state index in [9.17, 15) is 4.79 Å². The van der Waals surface area contributed by atoms with Crippen LogP contribution in [0.3, 0.4) is 0 Å². The molecule has 1 N–H and O–H groups in total. The van der Waals surface area contributed by atoms with Gasteiger partial charge in [-0.25, -0.2) is 4.98 Å². The molecule has 0 spiro atoms. The van der Waals surface area contributed by atoms with Crippen LogP contribution in [0.1, 0.15) is 42.1 Å². The fraction of sp³-hybridized carbons (Fsp3) is 0.400. The Morgan fingerprint density at radius 3 is 2.93 bits per heavy atom. The molecule has 1 amide bonds. The highest BCUT2D eigenvalue weighted by molar-refractivity contribution is 7.99. The van der Waals surface area contributed by atoms with Crippen molar-refractivity contribution < 1.29 is 13.6 Å². The molecule has 0 aliphatic heterocycles. The summed E-state index contributed by atoms with van der Waals surface area (Å²) in [6.45, 7) is 0. The molecule has 2 aromatic heterocycles. The lowest BCUT2D eigenvalue weighted by molar-refractivity contribution is 0.0909. The minimum Gasteiger partial charge on any atom is -0.445 e. The van der Waals surface area contributed by atoms with Crippen LogP contribution < -0.4 is 5.32 Å². The number of hydrogen-bond acceptors (Lipinski definition) is 5.